The van der Waals surface area contributed by atoms with Gasteiger partial charge in [0, 0.05) is 17.8 Å². The number of fused-ring (bicyclic) bond motifs is 1. The van der Waals surface area contributed by atoms with Gasteiger partial charge in [0.2, 0.25) is 0 Å². The van der Waals surface area contributed by atoms with E-state index in [1.54, 1.807) is 6.33 Å². The van der Waals surface area contributed by atoms with E-state index in [1.807, 2.05) is 6.92 Å². The van der Waals surface area contributed by atoms with Gasteiger partial charge in [-0.05, 0) is 6.92 Å². The van der Waals surface area contributed by atoms with E-state index in [-0.39, 0.29) is 0 Å². The van der Waals surface area contributed by atoms with Gasteiger partial charge in [0.25, 0.3) is 0 Å². The van der Waals surface area contributed by atoms with Crippen molar-refractivity contribution in [2.45, 2.75) is 10.8 Å². The first kappa shape index (κ1) is 7.27. The predicted octanol–water partition coefficient (Wildman–Crippen LogP) is 1.69. The Morgan fingerprint density at radius 2 is 2.45 bits per heavy atom. The number of hydrogen-bond acceptors (Lipinski definition) is 3. The Balaban J connectivity index is 2.58. The van der Waals surface area contributed by atoms with Crippen LogP contribution in [0.2, 0.25) is 0 Å². The molecule has 0 fully saturated rings. The van der Waals surface area contributed by atoms with Gasteiger partial charge in [0.15, 0.2) is 0 Å². The monoisotopic (exact) mass is 261 g/mol. The molecule has 0 spiro atoms. The molecule has 1 aliphatic heterocycles. The third-order valence-corrected chi connectivity index (χ3v) is 2.91. The summed E-state index contributed by atoms with van der Waals surface area (Å²) in [5, 5.41) is 3.23. The van der Waals surface area contributed by atoms with Gasteiger partial charge in [-0.1, -0.05) is 22.6 Å². The number of alkyl halides is 1. The van der Waals surface area contributed by atoms with Crippen LogP contribution < -0.4 is 5.32 Å². The Kier molecular flexibility index (Phi) is 1.71. The molecule has 1 N–H and O–H groups in total. The fourth-order valence-corrected chi connectivity index (χ4v) is 2.25. The second kappa shape index (κ2) is 2.58. The molecule has 0 aliphatic carbocycles. The lowest BCUT2D eigenvalue weighted by Gasteiger charge is -2.01. The molecule has 0 saturated carbocycles. The van der Waals surface area contributed by atoms with Crippen molar-refractivity contribution < 1.29 is 0 Å². The maximum absolute atomic E-state index is 4.15. The van der Waals surface area contributed by atoms with Crippen LogP contribution in [0, 0.1) is 6.92 Å². The molecular weight excluding hydrogens is 253 g/mol. The van der Waals surface area contributed by atoms with Crippen molar-refractivity contribution in [2.24, 2.45) is 0 Å². The van der Waals surface area contributed by atoms with Crippen molar-refractivity contribution in [3.05, 3.63) is 17.6 Å². The van der Waals surface area contributed by atoms with Crippen LogP contribution in [0.3, 0.4) is 0 Å². The molecular formula is C7H8IN3. The average Bonchev–Trinajstić information content (AvgIpc) is 2.34. The van der Waals surface area contributed by atoms with Crippen LogP contribution in [-0.4, -0.2) is 16.5 Å². The Hall–Kier alpha value is -0.390. The highest BCUT2D eigenvalue weighted by atomic mass is 127. The quantitative estimate of drug-likeness (QED) is 0.570. The van der Waals surface area contributed by atoms with Crippen molar-refractivity contribution in [1.82, 2.24) is 9.97 Å². The van der Waals surface area contributed by atoms with Gasteiger partial charge in [-0.2, -0.15) is 0 Å². The van der Waals surface area contributed by atoms with Crippen molar-refractivity contribution >= 4 is 28.4 Å². The highest BCUT2D eigenvalue weighted by Crippen LogP contribution is 2.35. The van der Waals surface area contributed by atoms with E-state index in [1.165, 1.54) is 5.56 Å². The van der Waals surface area contributed by atoms with Crippen molar-refractivity contribution in [3.63, 3.8) is 0 Å². The molecule has 1 aliphatic rings. The van der Waals surface area contributed by atoms with Crippen LogP contribution >= 0.6 is 22.6 Å². The van der Waals surface area contributed by atoms with E-state index in [9.17, 15) is 0 Å². The van der Waals surface area contributed by atoms with Gasteiger partial charge in [-0.15, -0.1) is 0 Å². The lowest BCUT2D eigenvalue weighted by atomic mass is 10.2. The molecule has 1 unspecified atom stereocenters. The molecule has 0 bridgehead atoms. The van der Waals surface area contributed by atoms with Gasteiger partial charge in [0.1, 0.15) is 12.1 Å². The van der Waals surface area contributed by atoms with Crippen LogP contribution in [0.4, 0.5) is 5.82 Å². The number of anilines is 1. The summed E-state index contributed by atoms with van der Waals surface area (Å²) in [5.74, 6) is 1.01. The van der Waals surface area contributed by atoms with Crippen molar-refractivity contribution in [1.29, 1.82) is 0 Å². The first-order valence-corrected chi connectivity index (χ1v) is 4.73. The third-order valence-electron chi connectivity index (χ3n) is 1.85. The van der Waals surface area contributed by atoms with Crippen LogP contribution in [0.15, 0.2) is 6.33 Å². The summed E-state index contributed by atoms with van der Waals surface area (Å²) in [6, 6.07) is 0. The first-order chi connectivity index (χ1) is 5.29. The molecule has 0 amide bonds. The molecule has 2 rings (SSSR count). The maximum atomic E-state index is 4.15. The summed E-state index contributed by atoms with van der Waals surface area (Å²) in [7, 11) is 0. The molecule has 2 heterocycles. The Bertz CT molecular complexity index is 287. The second-order valence-corrected chi connectivity index (χ2v) is 4.07. The van der Waals surface area contributed by atoms with E-state index in [2.05, 4.69) is 37.9 Å². The summed E-state index contributed by atoms with van der Waals surface area (Å²) in [4.78, 5) is 8.29. The third kappa shape index (κ3) is 1.09. The first-order valence-electron chi connectivity index (χ1n) is 3.48. The topological polar surface area (TPSA) is 37.8 Å². The van der Waals surface area contributed by atoms with Crippen molar-refractivity contribution in [2.75, 3.05) is 11.9 Å². The zero-order chi connectivity index (χ0) is 7.84. The summed E-state index contributed by atoms with van der Waals surface area (Å²) < 4.78 is 0.531. The Morgan fingerprint density at radius 3 is 3.18 bits per heavy atom. The minimum absolute atomic E-state index is 0.531. The molecule has 11 heavy (non-hydrogen) atoms. The van der Waals surface area contributed by atoms with Gasteiger partial charge < -0.3 is 5.32 Å². The summed E-state index contributed by atoms with van der Waals surface area (Å²) in [5.41, 5.74) is 2.37. The molecule has 58 valence electrons. The second-order valence-electron chi connectivity index (χ2n) is 2.57. The fraction of sp³-hybridized carbons (Fsp3) is 0.429. The standard InChI is InChI=1S/C7H8IN3/c1-4-6-5(8)2-9-7(6)11-3-10-4/h3,5H,2H2,1H3,(H,9,10,11). The number of aryl methyl sites for hydroxylation is 1. The van der Waals surface area contributed by atoms with Gasteiger partial charge in [0.05, 0.1) is 3.92 Å². The van der Waals surface area contributed by atoms with Crippen molar-refractivity contribution in [3.8, 4) is 0 Å². The number of hydrogen-bond donors (Lipinski definition) is 1. The highest BCUT2D eigenvalue weighted by molar-refractivity contribution is 14.1. The number of nitrogens with one attached hydrogen (secondary N) is 1. The highest BCUT2D eigenvalue weighted by Gasteiger charge is 2.22. The number of rotatable bonds is 0. The smallest absolute Gasteiger partial charge is 0.134 e. The Labute approximate surface area is 78.8 Å². The Morgan fingerprint density at radius 1 is 1.64 bits per heavy atom. The minimum atomic E-state index is 0.531. The van der Waals surface area contributed by atoms with E-state index in [4.69, 9.17) is 0 Å². The van der Waals surface area contributed by atoms with E-state index < -0.39 is 0 Å². The van der Waals surface area contributed by atoms with E-state index in [0.717, 1.165) is 18.1 Å². The minimum Gasteiger partial charge on any atom is -0.368 e. The molecule has 0 aromatic carbocycles. The van der Waals surface area contributed by atoms with E-state index in [0.29, 0.717) is 3.92 Å². The van der Waals surface area contributed by atoms with Gasteiger partial charge in [-0.25, -0.2) is 9.97 Å². The molecule has 0 saturated heterocycles. The number of nitrogens with zero attached hydrogens (tertiary/aromatic N) is 2. The van der Waals surface area contributed by atoms with E-state index >= 15 is 0 Å². The molecule has 3 nitrogen and oxygen atoms in total. The van der Waals surface area contributed by atoms with Gasteiger partial charge in [-0.3, -0.25) is 0 Å². The predicted molar refractivity (Wildman–Crippen MR) is 52.0 cm³/mol. The zero-order valence-electron chi connectivity index (χ0n) is 6.13. The number of aromatic nitrogens is 2. The fourth-order valence-electron chi connectivity index (χ4n) is 1.29. The maximum Gasteiger partial charge on any atom is 0.134 e. The van der Waals surface area contributed by atoms with Crippen LogP contribution in [0.5, 0.6) is 0 Å². The number of halogens is 1. The molecule has 1 aromatic heterocycles. The normalized spacial score (nSPS) is 21.1. The lowest BCUT2D eigenvalue weighted by molar-refractivity contribution is 1.04. The molecule has 1 aromatic rings. The SMILES string of the molecule is Cc1ncnc2c1C(I)CN2. The lowest BCUT2D eigenvalue weighted by Crippen LogP contribution is -1.94. The van der Waals surface area contributed by atoms with Crippen LogP contribution in [0.25, 0.3) is 0 Å². The molecule has 0 radical (unpaired) electrons. The van der Waals surface area contributed by atoms with Crippen LogP contribution in [0.1, 0.15) is 15.2 Å². The summed E-state index contributed by atoms with van der Waals surface area (Å²) >= 11 is 2.41. The van der Waals surface area contributed by atoms with Crippen LogP contribution in [-0.2, 0) is 0 Å². The zero-order valence-corrected chi connectivity index (χ0v) is 8.29. The summed E-state index contributed by atoms with van der Waals surface area (Å²) in [6.07, 6.45) is 1.61. The molecule has 1 atom stereocenters. The largest absolute Gasteiger partial charge is 0.368 e. The van der Waals surface area contributed by atoms with Gasteiger partial charge >= 0.3 is 0 Å². The molecule has 4 heteroatoms. The summed E-state index contributed by atoms with van der Waals surface area (Å²) in [6.45, 7) is 3.01. The average molecular weight is 261 g/mol.